The fourth-order valence-electron chi connectivity index (χ4n) is 5.08. The molecule has 2 fully saturated rings. The summed E-state index contributed by atoms with van der Waals surface area (Å²) in [6.45, 7) is 8.50. The number of morpholine rings is 1. The molecule has 6 rings (SSSR count). The highest BCUT2D eigenvalue weighted by Gasteiger charge is 2.22. The van der Waals surface area contributed by atoms with Crippen LogP contribution in [0.3, 0.4) is 0 Å². The predicted molar refractivity (Wildman–Crippen MR) is 145 cm³/mol. The molecule has 0 bridgehead atoms. The standard InChI is InChI=1S/C28H30FN7O/c1-20-27(21-6-7-26(32-17-21)35-10-8-30-9-11-35)33-25-5-3-2-4-24(25)28(20)36(29)23-16-22(18-31-19-23)34-12-14-37-15-13-34/h2-7,16-19,30H,8-15H2,1H3. The first-order valence-corrected chi connectivity index (χ1v) is 12.7. The summed E-state index contributed by atoms with van der Waals surface area (Å²) in [4.78, 5) is 18.4. The van der Waals surface area contributed by atoms with Crippen LogP contribution in [0.4, 0.5) is 27.4 Å². The number of para-hydroxylation sites is 1. The summed E-state index contributed by atoms with van der Waals surface area (Å²) in [7, 11) is 0. The number of hydrogen-bond acceptors (Lipinski definition) is 8. The predicted octanol–water partition coefficient (Wildman–Crippen LogP) is 4.27. The van der Waals surface area contributed by atoms with Crippen molar-refractivity contribution in [3.8, 4) is 11.3 Å². The Labute approximate surface area is 215 Å². The lowest BCUT2D eigenvalue weighted by atomic mass is 10.0. The molecule has 3 aromatic heterocycles. The van der Waals surface area contributed by atoms with Gasteiger partial charge in [0.05, 0.1) is 53.9 Å². The van der Waals surface area contributed by atoms with Gasteiger partial charge in [0.2, 0.25) is 0 Å². The molecule has 0 amide bonds. The molecule has 37 heavy (non-hydrogen) atoms. The van der Waals surface area contributed by atoms with E-state index >= 15 is 4.48 Å². The van der Waals surface area contributed by atoms with Crippen LogP contribution < -0.4 is 20.2 Å². The first kappa shape index (κ1) is 23.6. The first-order valence-electron chi connectivity index (χ1n) is 12.7. The number of nitrogens with one attached hydrogen (secondary N) is 1. The van der Waals surface area contributed by atoms with E-state index in [9.17, 15) is 0 Å². The molecule has 2 saturated heterocycles. The zero-order valence-corrected chi connectivity index (χ0v) is 20.9. The van der Waals surface area contributed by atoms with Crippen molar-refractivity contribution in [3.05, 3.63) is 66.6 Å². The van der Waals surface area contributed by atoms with Crippen molar-refractivity contribution in [3.63, 3.8) is 0 Å². The zero-order chi connectivity index (χ0) is 25.2. The topological polar surface area (TPSA) is 69.7 Å². The molecule has 1 N–H and O–H groups in total. The zero-order valence-electron chi connectivity index (χ0n) is 20.9. The van der Waals surface area contributed by atoms with Crippen molar-refractivity contribution < 1.29 is 9.22 Å². The average Bonchev–Trinajstić information content (AvgIpc) is 2.98. The molecular formula is C28H30FN7O. The van der Waals surface area contributed by atoms with Gasteiger partial charge in [0.1, 0.15) is 5.82 Å². The molecule has 0 saturated carbocycles. The van der Waals surface area contributed by atoms with Gasteiger partial charge in [-0.1, -0.05) is 22.7 Å². The summed E-state index contributed by atoms with van der Waals surface area (Å²) < 4.78 is 21.8. The van der Waals surface area contributed by atoms with Gasteiger partial charge in [0, 0.05) is 62.0 Å². The van der Waals surface area contributed by atoms with Crippen LogP contribution in [0.2, 0.25) is 0 Å². The number of halogens is 1. The van der Waals surface area contributed by atoms with E-state index in [0.717, 1.165) is 77.9 Å². The number of piperazine rings is 1. The van der Waals surface area contributed by atoms with E-state index in [1.54, 1.807) is 12.4 Å². The molecule has 0 atom stereocenters. The molecular weight excluding hydrogens is 469 g/mol. The first-order chi connectivity index (χ1) is 18.2. The molecule has 2 aliphatic heterocycles. The van der Waals surface area contributed by atoms with E-state index in [4.69, 9.17) is 14.7 Å². The van der Waals surface area contributed by atoms with Gasteiger partial charge >= 0.3 is 0 Å². The van der Waals surface area contributed by atoms with Crippen LogP contribution in [0, 0.1) is 6.92 Å². The van der Waals surface area contributed by atoms with E-state index in [-0.39, 0.29) is 0 Å². The molecule has 8 nitrogen and oxygen atoms in total. The van der Waals surface area contributed by atoms with Crippen molar-refractivity contribution >= 4 is 33.8 Å². The molecule has 0 radical (unpaired) electrons. The minimum atomic E-state index is 0.376. The van der Waals surface area contributed by atoms with Crippen molar-refractivity contribution in [1.82, 2.24) is 20.3 Å². The Bertz CT molecular complexity index is 1390. The summed E-state index contributed by atoms with van der Waals surface area (Å²) in [6, 6.07) is 13.6. The SMILES string of the molecule is Cc1c(-c2ccc(N3CCNCC3)nc2)nc2ccccc2c1N(F)c1cncc(N2CCOCC2)c1. The average molecular weight is 500 g/mol. The van der Waals surface area contributed by atoms with Crippen molar-refractivity contribution in [1.29, 1.82) is 0 Å². The van der Waals surface area contributed by atoms with Crippen LogP contribution in [0.5, 0.6) is 0 Å². The van der Waals surface area contributed by atoms with Crippen LogP contribution in [-0.2, 0) is 4.74 Å². The molecule has 2 aliphatic rings. The van der Waals surface area contributed by atoms with Crippen LogP contribution in [0.1, 0.15) is 5.56 Å². The number of fused-ring (bicyclic) bond motifs is 1. The van der Waals surface area contributed by atoms with Gasteiger partial charge in [-0.25, -0.2) is 9.97 Å². The maximum Gasteiger partial charge on any atom is 0.128 e. The number of hydrogen-bond donors (Lipinski definition) is 1. The number of pyridine rings is 3. The molecule has 5 heterocycles. The van der Waals surface area contributed by atoms with Crippen molar-refractivity contribution in [2.75, 3.05) is 67.4 Å². The Kier molecular flexibility index (Phi) is 6.55. The molecule has 0 aliphatic carbocycles. The fraction of sp³-hybridized carbons (Fsp3) is 0.321. The van der Waals surface area contributed by atoms with E-state index < -0.39 is 0 Å². The third kappa shape index (κ3) is 4.68. The Morgan fingerprint density at radius 3 is 2.54 bits per heavy atom. The highest BCUT2D eigenvalue weighted by atomic mass is 19.2. The Morgan fingerprint density at radius 1 is 0.946 bits per heavy atom. The number of aromatic nitrogens is 3. The van der Waals surface area contributed by atoms with Gasteiger partial charge < -0.3 is 19.9 Å². The third-order valence-corrected chi connectivity index (χ3v) is 7.07. The second-order valence-corrected chi connectivity index (χ2v) is 9.37. The second-order valence-electron chi connectivity index (χ2n) is 9.37. The minimum Gasteiger partial charge on any atom is -0.378 e. The lowest BCUT2D eigenvalue weighted by Crippen LogP contribution is -2.43. The molecule has 1 aromatic carbocycles. The third-order valence-electron chi connectivity index (χ3n) is 7.07. The maximum absolute atomic E-state index is 16.3. The summed E-state index contributed by atoms with van der Waals surface area (Å²) in [5.41, 5.74) is 4.77. The molecule has 190 valence electrons. The maximum atomic E-state index is 16.3. The lowest BCUT2D eigenvalue weighted by Gasteiger charge is -2.29. The Hall–Kier alpha value is -3.82. The van der Waals surface area contributed by atoms with Gasteiger partial charge in [0.15, 0.2) is 0 Å². The van der Waals surface area contributed by atoms with Crippen molar-refractivity contribution in [2.24, 2.45) is 0 Å². The molecule has 9 heteroatoms. The number of rotatable bonds is 5. The van der Waals surface area contributed by atoms with Crippen LogP contribution >= 0.6 is 0 Å². The summed E-state index contributed by atoms with van der Waals surface area (Å²) in [5.74, 6) is 0.946. The second kappa shape index (κ2) is 10.3. The Morgan fingerprint density at radius 2 is 1.76 bits per heavy atom. The number of ether oxygens (including phenoxy) is 1. The van der Waals surface area contributed by atoms with Crippen LogP contribution in [-0.4, -0.2) is 67.4 Å². The lowest BCUT2D eigenvalue weighted by molar-refractivity contribution is 0.122. The van der Waals surface area contributed by atoms with E-state index in [1.165, 1.54) is 0 Å². The number of nitrogens with zero attached hydrogens (tertiary/aromatic N) is 6. The van der Waals surface area contributed by atoms with E-state index in [2.05, 4.69) is 20.1 Å². The smallest absolute Gasteiger partial charge is 0.128 e. The van der Waals surface area contributed by atoms with Gasteiger partial charge in [-0.3, -0.25) is 4.98 Å². The van der Waals surface area contributed by atoms with E-state index in [1.807, 2.05) is 55.6 Å². The fourth-order valence-corrected chi connectivity index (χ4v) is 5.08. The molecule has 4 aromatic rings. The van der Waals surface area contributed by atoms with Crippen molar-refractivity contribution in [2.45, 2.75) is 6.92 Å². The quantitative estimate of drug-likeness (QED) is 0.409. The highest BCUT2D eigenvalue weighted by molar-refractivity contribution is 5.98. The number of anilines is 4. The van der Waals surface area contributed by atoms with Crippen LogP contribution in [0.25, 0.3) is 22.2 Å². The molecule has 0 unspecified atom stereocenters. The normalized spacial score (nSPS) is 16.3. The summed E-state index contributed by atoms with van der Waals surface area (Å²) >= 11 is 0. The van der Waals surface area contributed by atoms with Gasteiger partial charge in [-0.05, 0) is 31.2 Å². The number of benzene rings is 1. The van der Waals surface area contributed by atoms with Crippen LogP contribution in [0.15, 0.2) is 61.1 Å². The monoisotopic (exact) mass is 499 g/mol. The van der Waals surface area contributed by atoms with Gasteiger partial charge in [-0.15, -0.1) is 0 Å². The summed E-state index contributed by atoms with van der Waals surface area (Å²) in [6.07, 6.45) is 5.17. The highest BCUT2D eigenvalue weighted by Crippen LogP contribution is 2.40. The van der Waals surface area contributed by atoms with Gasteiger partial charge in [-0.2, -0.15) is 5.12 Å². The van der Waals surface area contributed by atoms with E-state index in [0.29, 0.717) is 30.3 Å². The van der Waals surface area contributed by atoms with Gasteiger partial charge in [0.25, 0.3) is 0 Å². The molecule has 0 spiro atoms. The Balaban J connectivity index is 1.39. The summed E-state index contributed by atoms with van der Waals surface area (Å²) in [5, 5.41) is 4.85. The largest absolute Gasteiger partial charge is 0.378 e. The minimum absolute atomic E-state index is 0.376.